The SMILES string of the molecule is CCC[C@@H](c1nnnn1C1CCCC1)N(CCc1ccccc1)Cc1cc2cc(CC)ccc2[nH]c1=O. The number of aromatic amines is 1. The standard InChI is InChI=1S/C30H38N6O/c1-3-10-28(29-32-33-34-36(29)26-13-8-9-14-26)35(18-17-23-11-6-5-7-12-23)21-25-20-24-19-22(4-2)15-16-27(24)31-30(25)37/h5-7,11-12,15-16,19-20,26,28H,3-4,8-10,13-14,17-18,21H2,1-2H3,(H,31,37)/t28-/m0/s1. The maximum atomic E-state index is 13.2. The molecular weight excluding hydrogens is 460 g/mol. The van der Waals surface area contributed by atoms with E-state index in [1.54, 1.807) is 0 Å². The third-order valence-corrected chi connectivity index (χ3v) is 7.79. The summed E-state index contributed by atoms with van der Waals surface area (Å²) in [5.41, 5.74) is 4.21. The summed E-state index contributed by atoms with van der Waals surface area (Å²) in [5.74, 6) is 0.937. The first-order valence-electron chi connectivity index (χ1n) is 13.9. The van der Waals surface area contributed by atoms with Gasteiger partial charge in [0.05, 0.1) is 12.1 Å². The van der Waals surface area contributed by atoms with E-state index in [0.29, 0.717) is 12.6 Å². The van der Waals surface area contributed by atoms with Gasteiger partial charge in [0.15, 0.2) is 5.82 Å². The van der Waals surface area contributed by atoms with Gasteiger partial charge in [-0.3, -0.25) is 9.69 Å². The number of hydrogen-bond acceptors (Lipinski definition) is 5. The van der Waals surface area contributed by atoms with E-state index in [0.717, 1.165) is 67.4 Å². The highest BCUT2D eigenvalue weighted by atomic mass is 16.1. The Morgan fingerprint density at radius 1 is 1.05 bits per heavy atom. The molecule has 2 heterocycles. The molecule has 5 rings (SSSR count). The van der Waals surface area contributed by atoms with E-state index in [-0.39, 0.29) is 11.6 Å². The largest absolute Gasteiger partial charge is 0.322 e. The van der Waals surface area contributed by atoms with Gasteiger partial charge in [-0.05, 0) is 77.2 Å². The van der Waals surface area contributed by atoms with Crippen LogP contribution in [0.25, 0.3) is 10.9 Å². The number of aromatic nitrogens is 5. The van der Waals surface area contributed by atoms with Crippen LogP contribution in [-0.4, -0.2) is 36.6 Å². The Hall–Kier alpha value is -3.32. The fraction of sp³-hybridized carbons (Fsp3) is 0.467. The monoisotopic (exact) mass is 498 g/mol. The van der Waals surface area contributed by atoms with Crippen molar-refractivity contribution in [3.05, 3.63) is 87.5 Å². The molecule has 2 aromatic carbocycles. The van der Waals surface area contributed by atoms with E-state index in [1.165, 1.54) is 24.0 Å². The van der Waals surface area contributed by atoms with Gasteiger partial charge in [0, 0.05) is 24.2 Å². The molecule has 1 saturated carbocycles. The van der Waals surface area contributed by atoms with Crippen LogP contribution in [0.1, 0.15) is 87.0 Å². The number of aryl methyl sites for hydroxylation is 1. The molecule has 2 aromatic heterocycles. The van der Waals surface area contributed by atoms with Crippen LogP contribution in [0.5, 0.6) is 0 Å². The van der Waals surface area contributed by atoms with Gasteiger partial charge in [-0.2, -0.15) is 0 Å². The molecule has 4 aromatic rings. The molecule has 7 heteroatoms. The minimum Gasteiger partial charge on any atom is -0.322 e. The van der Waals surface area contributed by atoms with Gasteiger partial charge >= 0.3 is 0 Å². The Bertz CT molecular complexity index is 1360. The minimum absolute atomic E-state index is 0.0212. The maximum absolute atomic E-state index is 13.2. The summed E-state index contributed by atoms with van der Waals surface area (Å²) >= 11 is 0. The van der Waals surface area contributed by atoms with Crippen LogP contribution in [0.3, 0.4) is 0 Å². The molecule has 0 radical (unpaired) electrons. The van der Waals surface area contributed by atoms with E-state index >= 15 is 0 Å². The predicted octanol–water partition coefficient (Wildman–Crippen LogP) is 5.78. The number of fused-ring (bicyclic) bond motifs is 1. The lowest BCUT2D eigenvalue weighted by molar-refractivity contribution is 0.163. The Kier molecular flexibility index (Phi) is 8.09. The molecule has 0 amide bonds. The number of hydrogen-bond donors (Lipinski definition) is 1. The highest BCUT2D eigenvalue weighted by molar-refractivity contribution is 5.79. The zero-order valence-electron chi connectivity index (χ0n) is 22.1. The van der Waals surface area contributed by atoms with E-state index in [4.69, 9.17) is 0 Å². The van der Waals surface area contributed by atoms with E-state index in [2.05, 4.69) is 92.5 Å². The summed E-state index contributed by atoms with van der Waals surface area (Å²) in [6, 6.07) is 19.3. The number of benzene rings is 2. The van der Waals surface area contributed by atoms with Crippen molar-refractivity contribution >= 4 is 10.9 Å². The first-order valence-corrected chi connectivity index (χ1v) is 13.9. The number of pyridine rings is 1. The molecule has 194 valence electrons. The molecule has 1 aliphatic carbocycles. The van der Waals surface area contributed by atoms with Crippen molar-refractivity contribution in [1.29, 1.82) is 0 Å². The first kappa shape index (κ1) is 25.3. The van der Waals surface area contributed by atoms with Crippen molar-refractivity contribution in [3.8, 4) is 0 Å². The molecule has 0 bridgehead atoms. The van der Waals surface area contributed by atoms with Crippen LogP contribution in [-0.2, 0) is 19.4 Å². The quantitative estimate of drug-likeness (QED) is 0.284. The Labute approximate surface area is 218 Å². The number of nitrogens with zero attached hydrogens (tertiary/aromatic N) is 5. The Balaban J connectivity index is 1.51. The topological polar surface area (TPSA) is 79.7 Å². The fourth-order valence-electron chi connectivity index (χ4n) is 5.70. The van der Waals surface area contributed by atoms with E-state index in [9.17, 15) is 4.79 Å². The lowest BCUT2D eigenvalue weighted by Crippen LogP contribution is -2.35. The molecule has 37 heavy (non-hydrogen) atoms. The maximum Gasteiger partial charge on any atom is 0.252 e. The zero-order valence-corrected chi connectivity index (χ0v) is 22.1. The summed E-state index contributed by atoms with van der Waals surface area (Å²) in [4.78, 5) is 18.8. The van der Waals surface area contributed by atoms with Crippen LogP contribution >= 0.6 is 0 Å². The summed E-state index contributed by atoms with van der Waals surface area (Å²) < 4.78 is 2.08. The predicted molar refractivity (Wildman–Crippen MR) is 147 cm³/mol. The Morgan fingerprint density at radius 2 is 1.86 bits per heavy atom. The summed E-state index contributed by atoms with van der Waals surface area (Å²) in [5, 5.41) is 14.2. The van der Waals surface area contributed by atoms with Crippen LogP contribution < -0.4 is 5.56 Å². The second-order valence-corrected chi connectivity index (χ2v) is 10.3. The average molecular weight is 499 g/mol. The second-order valence-electron chi connectivity index (χ2n) is 10.3. The van der Waals surface area contributed by atoms with Gasteiger partial charge < -0.3 is 4.98 Å². The number of rotatable bonds is 11. The number of tetrazole rings is 1. The molecule has 0 aliphatic heterocycles. The van der Waals surface area contributed by atoms with Gasteiger partial charge in [-0.1, -0.05) is 69.5 Å². The van der Waals surface area contributed by atoms with Crippen molar-refractivity contribution < 1.29 is 0 Å². The van der Waals surface area contributed by atoms with Crippen molar-refractivity contribution in [1.82, 2.24) is 30.1 Å². The fourth-order valence-corrected chi connectivity index (χ4v) is 5.70. The minimum atomic E-state index is -0.0212. The molecule has 1 aliphatic rings. The number of nitrogens with one attached hydrogen (secondary N) is 1. The molecule has 1 N–H and O–H groups in total. The van der Waals surface area contributed by atoms with E-state index in [1.807, 2.05) is 6.07 Å². The highest BCUT2D eigenvalue weighted by Gasteiger charge is 2.30. The molecule has 0 spiro atoms. The van der Waals surface area contributed by atoms with Crippen molar-refractivity contribution in [2.75, 3.05) is 6.54 Å². The molecule has 1 fully saturated rings. The average Bonchev–Trinajstić information content (AvgIpc) is 3.63. The van der Waals surface area contributed by atoms with Gasteiger partial charge in [0.2, 0.25) is 0 Å². The lowest BCUT2D eigenvalue weighted by Gasteiger charge is -2.31. The summed E-state index contributed by atoms with van der Waals surface area (Å²) in [6.45, 7) is 5.74. The summed E-state index contributed by atoms with van der Waals surface area (Å²) in [6.07, 6.45) is 8.54. The summed E-state index contributed by atoms with van der Waals surface area (Å²) in [7, 11) is 0. The lowest BCUT2D eigenvalue weighted by atomic mass is 10.0. The number of H-pyrrole nitrogens is 1. The molecule has 1 atom stereocenters. The van der Waals surface area contributed by atoms with Crippen LogP contribution in [0.15, 0.2) is 59.4 Å². The molecule has 7 nitrogen and oxygen atoms in total. The molecule has 0 saturated heterocycles. The van der Waals surface area contributed by atoms with Gasteiger partial charge in [-0.25, -0.2) is 4.68 Å². The third-order valence-electron chi connectivity index (χ3n) is 7.79. The van der Waals surface area contributed by atoms with Crippen LogP contribution in [0.4, 0.5) is 0 Å². The van der Waals surface area contributed by atoms with Crippen molar-refractivity contribution in [3.63, 3.8) is 0 Å². The van der Waals surface area contributed by atoms with Gasteiger partial charge in [0.1, 0.15) is 0 Å². The van der Waals surface area contributed by atoms with E-state index < -0.39 is 0 Å². The molecule has 0 unspecified atom stereocenters. The second kappa shape index (κ2) is 11.8. The highest BCUT2D eigenvalue weighted by Crippen LogP contribution is 2.33. The normalized spacial score (nSPS) is 15.1. The van der Waals surface area contributed by atoms with Crippen LogP contribution in [0.2, 0.25) is 0 Å². The third kappa shape index (κ3) is 5.82. The van der Waals surface area contributed by atoms with Gasteiger partial charge in [0.25, 0.3) is 5.56 Å². The Morgan fingerprint density at radius 3 is 2.62 bits per heavy atom. The van der Waals surface area contributed by atoms with Crippen LogP contribution in [0, 0.1) is 0 Å². The molecular formula is C30H38N6O. The zero-order chi connectivity index (χ0) is 25.6. The first-order chi connectivity index (χ1) is 18.2. The van der Waals surface area contributed by atoms with Crippen molar-refractivity contribution in [2.45, 2.75) is 83.8 Å². The van der Waals surface area contributed by atoms with Crippen molar-refractivity contribution in [2.24, 2.45) is 0 Å². The smallest absolute Gasteiger partial charge is 0.252 e. The van der Waals surface area contributed by atoms with Gasteiger partial charge in [-0.15, -0.1) is 5.10 Å².